The number of nitrogens with one attached hydrogen (secondary N) is 1. The van der Waals surface area contributed by atoms with Crippen LogP contribution in [0.4, 0.5) is 0 Å². The van der Waals surface area contributed by atoms with E-state index in [0.717, 1.165) is 13.0 Å². The van der Waals surface area contributed by atoms with Gasteiger partial charge in [-0.3, -0.25) is 10.1 Å². The van der Waals surface area contributed by atoms with Crippen LogP contribution in [0.25, 0.3) is 0 Å². The van der Waals surface area contributed by atoms with E-state index in [1.165, 1.54) is 20.0 Å². The number of unbranched alkanes of at least 4 members (excludes halogenated alkanes) is 2. The van der Waals surface area contributed by atoms with Crippen molar-refractivity contribution in [3.63, 3.8) is 0 Å². The zero-order valence-electron chi connectivity index (χ0n) is 13.4. The minimum Gasteiger partial charge on any atom is -0.468 e. The summed E-state index contributed by atoms with van der Waals surface area (Å²) in [7, 11) is 1.43. The van der Waals surface area contributed by atoms with Crippen molar-refractivity contribution in [2.45, 2.75) is 78.0 Å². The average molecular weight is 273 g/mol. The summed E-state index contributed by atoms with van der Waals surface area (Å²) in [6.45, 7) is 10.9. The summed E-state index contributed by atoms with van der Waals surface area (Å²) < 4.78 is 10.7. The molecule has 0 aromatic carbocycles. The molecule has 2 unspecified atom stereocenters. The third kappa shape index (κ3) is 7.53. The van der Waals surface area contributed by atoms with E-state index in [2.05, 4.69) is 12.2 Å². The number of carbonyl (C=O) groups is 1. The molecule has 0 aliphatic rings. The van der Waals surface area contributed by atoms with Crippen molar-refractivity contribution in [2.75, 3.05) is 13.7 Å². The van der Waals surface area contributed by atoms with E-state index >= 15 is 0 Å². The van der Waals surface area contributed by atoms with Crippen LogP contribution in [0.1, 0.15) is 60.3 Å². The van der Waals surface area contributed by atoms with Crippen LogP contribution in [0.2, 0.25) is 0 Å². The average Bonchev–Trinajstić information content (AvgIpc) is 2.32. The Bertz CT molecular complexity index is 256. The first kappa shape index (κ1) is 18.4. The van der Waals surface area contributed by atoms with Gasteiger partial charge in [-0.25, -0.2) is 0 Å². The fraction of sp³-hybridized carbons (Fsp3) is 0.933. The van der Waals surface area contributed by atoms with Gasteiger partial charge in [-0.2, -0.15) is 0 Å². The van der Waals surface area contributed by atoms with Gasteiger partial charge in [0.25, 0.3) is 0 Å². The molecule has 0 bridgehead atoms. The Morgan fingerprint density at radius 3 is 2.37 bits per heavy atom. The summed E-state index contributed by atoms with van der Waals surface area (Å²) in [5, 5.41) is 3.28. The summed E-state index contributed by atoms with van der Waals surface area (Å²) in [5.74, 6) is -0.231. The Balaban J connectivity index is 4.34. The summed E-state index contributed by atoms with van der Waals surface area (Å²) >= 11 is 0. The molecule has 0 aliphatic heterocycles. The standard InChI is InChI=1S/C15H31NO3/c1-7-8-9-10-19-13(4)11-15(5,14(17)18-6)16-12(2)3/h12-13,16H,7-11H2,1-6H3. The van der Waals surface area contributed by atoms with Crippen molar-refractivity contribution in [1.82, 2.24) is 5.32 Å². The van der Waals surface area contributed by atoms with Gasteiger partial charge >= 0.3 is 5.97 Å². The Hall–Kier alpha value is -0.610. The lowest BCUT2D eigenvalue weighted by Crippen LogP contribution is -2.54. The third-order valence-electron chi connectivity index (χ3n) is 3.09. The van der Waals surface area contributed by atoms with E-state index < -0.39 is 5.54 Å². The maximum absolute atomic E-state index is 11.9. The van der Waals surface area contributed by atoms with Gasteiger partial charge in [0.1, 0.15) is 5.54 Å². The molecule has 2 atom stereocenters. The highest BCUT2D eigenvalue weighted by Crippen LogP contribution is 2.18. The van der Waals surface area contributed by atoms with Crippen molar-refractivity contribution >= 4 is 5.97 Å². The highest BCUT2D eigenvalue weighted by molar-refractivity contribution is 5.80. The lowest BCUT2D eigenvalue weighted by molar-refractivity contribution is -0.150. The highest BCUT2D eigenvalue weighted by atomic mass is 16.5. The van der Waals surface area contributed by atoms with Crippen LogP contribution >= 0.6 is 0 Å². The zero-order valence-corrected chi connectivity index (χ0v) is 13.4. The molecule has 114 valence electrons. The summed E-state index contributed by atoms with van der Waals surface area (Å²) in [6, 6.07) is 0.219. The summed E-state index contributed by atoms with van der Waals surface area (Å²) in [4.78, 5) is 11.9. The Labute approximate surface area is 118 Å². The molecule has 1 N–H and O–H groups in total. The predicted molar refractivity (Wildman–Crippen MR) is 78.2 cm³/mol. The summed E-state index contributed by atoms with van der Waals surface area (Å²) in [5.41, 5.74) is -0.687. The fourth-order valence-electron chi connectivity index (χ4n) is 2.33. The number of methoxy groups -OCH3 is 1. The van der Waals surface area contributed by atoms with E-state index in [-0.39, 0.29) is 18.1 Å². The molecule has 19 heavy (non-hydrogen) atoms. The second kappa shape index (κ2) is 9.32. The first-order chi connectivity index (χ1) is 8.85. The number of hydrogen-bond donors (Lipinski definition) is 1. The highest BCUT2D eigenvalue weighted by Gasteiger charge is 2.36. The molecule has 0 aromatic heterocycles. The van der Waals surface area contributed by atoms with E-state index in [9.17, 15) is 4.79 Å². The normalized spacial score (nSPS) is 16.2. The van der Waals surface area contributed by atoms with E-state index in [0.29, 0.717) is 6.42 Å². The minimum atomic E-state index is -0.687. The molecule has 0 spiro atoms. The van der Waals surface area contributed by atoms with Crippen LogP contribution in [0.5, 0.6) is 0 Å². The van der Waals surface area contributed by atoms with Crippen LogP contribution in [0.3, 0.4) is 0 Å². The molecular weight excluding hydrogens is 242 g/mol. The van der Waals surface area contributed by atoms with Crippen molar-refractivity contribution < 1.29 is 14.3 Å². The molecule has 0 radical (unpaired) electrons. The molecule has 0 saturated heterocycles. The van der Waals surface area contributed by atoms with E-state index in [4.69, 9.17) is 9.47 Å². The lowest BCUT2D eigenvalue weighted by Gasteiger charge is -2.32. The molecule has 0 aliphatic carbocycles. The second-order valence-electron chi connectivity index (χ2n) is 5.72. The Morgan fingerprint density at radius 2 is 1.89 bits per heavy atom. The molecular formula is C15H31NO3. The smallest absolute Gasteiger partial charge is 0.325 e. The van der Waals surface area contributed by atoms with Crippen molar-refractivity contribution in [3.05, 3.63) is 0 Å². The first-order valence-corrected chi connectivity index (χ1v) is 7.33. The van der Waals surface area contributed by atoms with Gasteiger partial charge in [-0.1, -0.05) is 19.8 Å². The van der Waals surface area contributed by atoms with Gasteiger partial charge in [0.05, 0.1) is 13.2 Å². The molecule has 0 aromatic rings. The van der Waals surface area contributed by atoms with Crippen LogP contribution in [0, 0.1) is 0 Å². The predicted octanol–water partition coefficient (Wildman–Crippen LogP) is 2.90. The fourth-order valence-corrected chi connectivity index (χ4v) is 2.33. The minimum absolute atomic E-state index is 0.0345. The van der Waals surface area contributed by atoms with Gasteiger partial charge < -0.3 is 9.47 Å². The molecule has 0 fully saturated rings. The number of hydrogen-bond acceptors (Lipinski definition) is 4. The van der Waals surface area contributed by atoms with Crippen LogP contribution in [-0.4, -0.2) is 37.4 Å². The van der Waals surface area contributed by atoms with Crippen molar-refractivity contribution in [3.8, 4) is 0 Å². The number of ether oxygens (including phenoxy) is 2. The quantitative estimate of drug-likeness (QED) is 0.491. The van der Waals surface area contributed by atoms with Crippen molar-refractivity contribution in [2.24, 2.45) is 0 Å². The zero-order chi connectivity index (χ0) is 14.9. The molecule has 0 heterocycles. The maximum Gasteiger partial charge on any atom is 0.325 e. The number of carbonyl (C=O) groups excluding carboxylic acids is 1. The van der Waals surface area contributed by atoms with Gasteiger partial charge in [0.15, 0.2) is 0 Å². The lowest BCUT2D eigenvalue weighted by atomic mass is 9.93. The van der Waals surface area contributed by atoms with E-state index in [1.54, 1.807) is 0 Å². The van der Waals surface area contributed by atoms with E-state index in [1.807, 2.05) is 27.7 Å². The molecule has 4 nitrogen and oxygen atoms in total. The maximum atomic E-state index is 11.9. The SMILES string of the molecule is CCCCCOC(C)CC(C)(NC(C)C)C(=O)OC. The molecule has 4 heteroatoms. The van der Waals surface area contributed by atoms with Gasteiger partial charge in [0, 0.05) is 19.1 Å². The van der Waals surface area contributed by atoms with Gasteiger partial charge in [-0.05, 0) is 34.1 Å². The van der Waals surface area contributed by atoms with Gasteiger partial charge in [0.2, 0.25) is 0 Å². The van der Waals surface area contributed by atoms with Crippen LogP contribution < -0.4 is 5.32 Å². The van der Waals surface area contributed by atoms with Crippen LogP contribution in [-0.2, 0) is 14.3 Å². The number of rotatable bonds is 10. The molecule has 0 rings (SSSR count). The topological polar surface area (TPSA) is 47.6 Å². The Kier molecular flexibility index (Phi) is 9.02. The summed E-state index contributed by atoms with van der Waals surface area (Å²) in [6.07, 6.45) is 4.10. The molecule has 0 amide bonds. The van der Waals surface area contributed by atoms with Crippen LogP contribution in [0.15, 0.2) is 0 Å². The Morgan fingerprint density at radius 1 is 1.26 bits per heavy atom. The monoisotopic (exact) mass is 273 g/mol. The number of esters is 1. The van der Waals surface area contributed by atoms with Crippen molar-refractivity contribution in [1.29, 1.82) is 0 Å². The van der Waals surface area contributed by atoms with Gasteiger partial charge in [-0.15, -0.1) is 0 Å². The largest absolute Gasteiger partial charge is 0.468 e. The second-order valence-corrected chi connectivity index (χ2v) is 5.72. The first-order valence-electron chi connectivity index (χ1n) is 7.33. The molecule has 0 saturated carbocycles. The third-order valence-corrected chi connectivity index (χ3v) is 3.09.